The van der Waals surface area contributed by atoms with Gasteiger partial charge >= 0.3 is 0 Å². The molecule has 0 aliphatic carbocycles. The van der Waals surface area contributed by atoms with Gasteiger partial charge in [0.25, 0.3) is 5.56 Å². The highest BCUT2D eigenvalue weighted by Gasteiger charge is 2.06. The molecule has 2 aromatic rings. The van der Waals surface area contributed by atoms with Crippen LogP contribution in [0.3, 0.4) is 0 Å². The summed E-state index contributed by atoms with van der Waals surface area (Å²) in [6.45, 7) is 2.20. The molecule has 0 unspecified atom stereocenters. The molecular formula is C13H10BrN3O. The highest BCUT2D eigenvalue weighted by atomic mass is 79.9. The lowest BCUT2D eigenvalue weighted by Gasteiger charge is -2.09. The molecular weight excluding hydrogens is 294 g/mol. The van der Waals surface area contributed by atoms with Gasteiger partial charge < -0.3 is 4.57 Å². The molecule has 2 aromatic heterocycles. The molecule has 0 fully saturated rings. The molecule has 5 heteroatoms. The van der Waals surface area contributed by atoms with E-state index in [1.807, 2.05) is 25.1 Å². The van der Waals surface area contributed by atoms with Crippen molar-refractivity contribution < 1.29 is 0 Å². The van der Waals surface area contributed by atoms with Crippen molar-refractivity contribution in [2.75, 3.05) is 0 Å². The average molecular weight is 304 g/mol. The molecule has 2 heterocycles. The Morgan fingerprint density at radius 2 is 2.17 bits per heavy atom. The number of nitriles is 1. The van der Waals surface area contributed by atoms with Crippen molar-refractivity contribution in [1.29, 1.82) is 5.26 Å². The Bertz CT molecular complexity index is 668. The predicted molar refractivity (Wildman–Crippen MR) is 71.2 cm³/mol. The van der Waals surface area contributed by atoms with Crippen molar-refractivity contribution in [2.45, 2.75) is 13.5 Å². The van der Waals surface area contributed by atoms with Gasteiger partial charge in [-0.2, -0.15) is 5.26 Å². The normalized spacial score (nSPS) is 10.1. The number of halogens is 1. The van der Waals surface area contributed by atoms with Gasteiger partial charge in [0.2, 0.25) is 0 Å². The van der Waals surface area contributed by atoms with Gasteiger partial charge in [-0.3, -0.25) is 9.78 Å². The highest BCUT2D eigenvalue weighted by Crippen LogP contribution is 2.09. The number of aryl methyl sites for hydroxylation is 1. The van der Waals surface area contributed by atoms with Crippen LogP contribution in [-0.4, -0.2) is 9.55 Å². The maximum atomic E-state index is 12.0. The van der Waals surface area contributed by atoms with Crippen molar-refractivity contribution in [3.05, 3.63) is 62.2 Å². The van der Waals surface area contributed by atoms with Crippen LogP contribution < -0.4 is 5.56 Å². The standard InChI is InChI=1S/C13H10BrN3O/c1-9-2-3-10(6-15)13(18)17(9)8-12-5-4-11(14)7-16-12/h2-5,7H,8H2,1H3. The Morgan fingerprint density at radius 3 is 2.78 bits per heavy atom. The molecule has 18 heavy (non-hydrogen) atoms. The fourth-order valence-corrected chi connectivity index (χ4v) is 1.85. The monoisotopic (exact) mass is 303 g/mol. The smallest absolute Gasteiger partial charge is 0.269 e. The molecule has 0 saturated heterocycles. The molecule has 0 spiro atoms. The van der Waals surface area contributed by atoms with Crippen molar-refractivity contribution in [3.8, 4) is 6.07 Å². The third-order valence-corrected chi connectivity index (χ3v) is 3.09. The van der Waals surface area contributed by atoms with Gasteiger partial charge in [0.1, 0.15) is 11.6 Å². The second-order valence-electron chi connectivity index (χ2n) is 3.86. The van der Waals surface area contributed by atoms with E-state index in [0.29, 0.717) is 6.54 Å². The summed E-state index contributed by atoms with van der Waals surface area (Å²) in [6.07, 6.45) is 1.68. The van der Waals surface area contributed by atoms with Crippen molar-refractivity contribution in [3.63, 3.8) is 0 Å². The molecule has 0 aliphatic rings. The van der Waals surface area contributed by atoms with Gasteiger partial charge in [-0.15, -0.1) is 0 Å². The summed E-state index contributed by atoms with van der Waals surface area (Å²) in [5.74, 6) is 0. The zero-order valence-electron chi connectivity index (χ0n) is 9.72. The second kappa shape index (κ2) is 5.15. The van der Waals surface area contributed by atoms with Gasteiger partial charge in [-0.05, 0) is 47.1 Å². The number of hydrogen-bond acceptors (Lipinski definition) is 3. The minimum absolute atomic E-state index is 0.151. The maximum Gasteiger partial charge on any atom is 0.269 e. The van der Waals surface area contributed by atoms with E-state index in [9.17, 15) is 4.79 Å². The first-order chi connectivity index (χ1) is 8.61. The first-order valence-electron chi connectivity index (χ1n) is 5.33. The van der Waals surface area contributed by atoms with E-state index in [1.165, 1.54) is 0 Å². The van der Waals surface area contributed by atoms with E-state index in [-0.39, 0.29) is 11.1 Å². The SMILES string of the molecule is Cc1ccc(C#N)c(=O)n1Cc1ccc(Br)cn1. The minimum Gasteiger partial charge on any atom is -0.306 e. The van der Waals surface area contributed by atoms with E-state index in [4.69, 9.17) is 5.26 Å². The van der Waals surface area contributed by atoms with E-state index >= 15 is 0 Å². The van der Waals surface area contributed by atoms with Crippen LogP contribution in [0.2, 0.25) is 0 Å². The fourth-order valence-electron chi connectivity index (χ4n) is 1.61. The maximum absolute atomic E-state index is 12.0. The number of nitrogens with zero attached hydrogens (tertiary/aromatic N) is 3. The van der Waals surface area contributed by atoms with Crippen LogP contribution >= 0.6 is 15.9 Å². The zero-order valence-corrected chi connectivity index (χ0v) is 11.3. The van der Waals surface area contributed by atoms with Gasteiger partial charge in [-0.1, -0.05) is 0 Å². The molecule has 90 valence electrons. The fraction of sp³-hybridized carbons (Fsp3) is 0.154. The van der Waals surface area contributed by atoms with Crippen molar-refractivity contribution in [1.82, 2.24) is 9.55 Å². The topological polar surface area (TPSA) is 58.7 Å². The van der Waals surface area contributed by atoms with Gasteiger partial charge in [0.05, 0.1) is 12.2 Å². The van der Waals surface area contributed by atoms with E-state index in [0.717, 1.165) is 15.9 Å². The largest absolute Gasteiger partial charge is 0.306 e. The molecule has 0 aromatic carbocycles. The lowest BCUT2D eigenvalue weighted by atomic mass is 10.2. The Labute approximate surface area is 113 Å². The van der Waals surface area contributed by atoms with Crippen molar-refractivity contribution >= 4 is 15.9 Å². The molecule has 0 atom stereocenters. The number of aromatic nitrogens is 2. The van der Waals surface area contributed by atoms with Gasteiger partial charge in [-0.25, -0.2) is 0 Å². The quantitative estimate of drug-likeness (QED) is 0.855. The Morgan fingerprint density at radius 1 is 1.39 bits per heavy atom. The highest BCUT2D eigenvalue weighted by molar-refractivity contribution is 9.10. The summed E-state index contributed by atoms with van der Waals surface area (Å²) in [7, 11) is 0. The molecule has 0 bridgehead atoms. The lowest BCUT2D eigenvalue weighted by molar-refractivity contribution is 0.710. The summed E-state index contributed by atoms with van der Waals surface area (Å²) in [6, 6.07) is 8.92. The third kappa shape index (κ3) is 2.49. The van der Waals surface area contributed by atoms with Gasteiger partial charge in [0, 0.05) is 16.4 Å². The molecule has 0 amide bonds. The summed E-state index contributed by atoms with van der Waals surface area (Å²) in [4.78, 5) is 16.2. The summed E-state index contributed by atoms with van der Waals surface area (Å²) in [5, 5.41) is 8.85. The molecule has 2 rings (SSSR count). The first-order valence-corrected chi connectivity index (χ1v) is 6.12. The predicted octanol–water partition coefficient (Wildman–Crippen LogP) is 2.23. The van der Waals surface area contributed by atoms with E-state index in [1.54, 1.807) is 22.9 Å². The summed E-state index contributed by atoms with van der Waals surface area (Å²) < 4.78 is 2.44. The second-order valence-corrected chi connectivity index (χ2v) is 4.77. The average Bonchev–Trinajstić information content (AvgIpc) is 2.37. The molecule has 0 N–H and O–H groups in total. The Balaban J connectivity index is 2.43. The van der Waals surface area contributed by atoms with E-state index < -0.39 is 0 Å². The van der Waals surface area contributed by atoms with Crippen LogP contribution in [0.25, 0.3) is 0 Å². The van der Waals surface area contributed by atoms with Crippen LogP contribution in [0.1, 0.15) is 17.0 Å². The minimum atomic E-state index is -0.276. The number of hydrogen-bond donors (Lipinski definition) is 0. The van der Waals surface area contributed by atoms with Crippen LogP contribution in [0.15, 0.2) is 39.7 Å². The number of rotatable bonds is 2. The van der Waals surface area contributed by atoms with Crippen LogP contribution in [0.5, 0.6) is 0 Å². The lowest BCUT2D eigenvalue weighted by Crippen LogP contribution is -2.25. The third-order valence-electron chi connectivity index (χ3n) is 2.62. The van der Waals surface area contributed by atoms with Crippen LogP contribution in [0, 0.1) is 18.3 Å². The molecule has 0 saturated carbocycles. The summed E-state index contributed by atoms with van der Waals surface area (Å²) in [5.41, 5.74) is 1.46. The van der Waals surface area contributed by atoms with Crippen LogP contribution in [-0.2, 0) is 6.54 Å². The van der Waals surface area contributed by atoms with Gasteiger partial charge in [0.15, 0.2) is 0 Å². The number of pyridine rings is 2. The molecule has 4 nitrogen and oxygen atoms in total. The van der Waals surface area contributed by atoms with E-state index in [2.05, 4.69) is 20.9 Å². The Kier molecular flexibility index (Phi) is 3.58. The Hall–Kier alpha value is -1.93. The summed E-state index contributed by atoms with van der Waals surface area (Å²) >= 11 is 3.31. The molecule has 0 radical (unpaired) electrons. The van der Waals surface area contributed by atoms with Crippen molar-refractivity contribution in [2.24, 2.45) is 0 Å². The van der Waals surface area contributed by atoms with Crippen LogP contribution in [0.4, 0.5) is 0 Å². The molecule has 0 aliphatic heterocycles. The zero-order chi connectivity index (χ0) is 13.1. The first kappa shape index (κ1) is 12.5.